The number of fused-ring (bicyclic) bond motifs is 1. The van der Waals surface area contributed by atoms with Crippen LogP contribution in [0, 0.1) is 5.92 Å². The van der Waals surface area contributed by atoms with Gasteiger partial charge in [-0.2, -0.15) is 0 Å². The van der Waals surface area contributed by atoms with Crippen LogP contribution in [0.25, 0.3) is 0 Å². The van der Waals surface area contributed by atoms with Gasteiger partial charge in [-0.05, 0) is 30.5 Å². The fourth-order valence-electron chi connectivity index (χ4n) is 2.07. The van der Waals surface area contributed by atoms with E-state index < -0.39 is 0 Å². The summed E-state index contributed by atoms with van der Waals surface area (Å²) < 4.78 is 10.7. The van der Waals surface area contributed by atoms with E-state index >= 15 is 0 Å². The molecular formula is C14H22N2O3. The van der Waals surface area contributed by atoms with Crippen LogP contribution in [-0.2, 0) is 0 Å². The first-order valence-electron chi connectivity index (χ1n) is 6.62. The zero-order valence-electron chi connectivity index (χ0n) is 11.4. The predicted molar refractivity (Wildman–Crippen MR) is 73.2 cm³/mol. The molecule has 0 spiro atoms. The van der Waals surface area contributed by atoms with Gasteiger partial charge >= 0.3 is 0 Å². The van der Waals surface area contributed by atoms with Gasteiger partial charge < -0.3 is 25.6 Å². The molecule has 5 heteroatoms. The smallest absolute Gasteiger partial charge is 0.231 e. The maximum absolute atomic E-state index is 9.18. The van der Waals surface area contributed by atoms with Crippen LogP contribution in [0.4, 0.5) is 0 Å². The van der Waals surface area contributed by atoms with E-state index in [-0.39, 0.29) is 31.4 Å². The van der Waals surface area contributed by atoms with Crippen molar-refractivity contribution in [3.8, 4) is 11.5 Å². The normalized spacial score (nSPS) is 18.1. The number of benzene rings is 1. The van der Waals surface area contributed by atoms with Crippen LogP contribution in [0.2, 0.25) is 0 Å². The van der Waals surface area contributed by atoms with E-state index in [1.807, 2.05) is 25.1 Å². The molecule has 0 amide bonds. The number of nitrogens with two attached hydrogens (primary N) is 1. The number of nitrogens with one attached hydrogen (secondary N) is 1. The Morgan fingerprint density at radius 2 is 2.05 bits per heavy atom. The number of ether oxygens (including phenoxy) is 2. The molecule has 3 unspecified atom stereocenters. The van der Waals surface area contributed by atoms with Gasteiger partial charge in [-0.3, -0.25) is 0 Å². The summed E-state index contributed by atoms with van der Waals surface area (Å²) in [5.74, 6) is 1.72. The first-order valence-corrected chi connectivity index (χ1v) is 6.62. The van der Waals surface area contributed by atoms with Crippen molar-refractivity contribution >= 4 is 0 Å². The molecule has 3 atom stereocenters. The van der Waals surface area contributed by atoms with Gasteiger partial charge in [0.15, 0.2) is 11.5 Å². The lowest BCUT2D eigenvalue weighted by Gasteiger charge is -2.26. The van der Waals surface area contributed by atoms with Crippen molar-refractivity contribution in [2.75, 3.05) is 19.9 Å². The Balaban J connectivity index is 2.09. The largest absolute Gasteiger partial charge is 0.454 e. The lowest BCUT2D eigenvalue weighted by atomic mass is 10.0. The number of aliphatic hydroxyl groups is 1. The third-order valence-electron chi connectivity index (χ3n) is 3.64. The summed E-state index contributed by atoms with van der Waals surface area (Å²) in [4.78, 5) is 0. The van der Waals surface area contributed by atoms with Gasteiger partial charge in [0, 0.05) is 25.2 Å². The molecule has 0 saturated heterocycles. The minimum absolute atomic E-state index is 0.0403. The average molecular weight is 266 g/mol. The minimum Gasteiger partial charge on any atom is -0.454 e. The van der Waals surface area contributed by atoms with Crippen molar-refractivity contribution in [1.82, 2.24) is 5.32 Å². The molecule has 1 heterocycles. The molecule has 1 aromatic carbocycles. The summed E-state index contributed by atoms with van der Waals surface area (Å²) in [5.41, 5.74) is 6.92. The highest BCUT2D eigenvalue weighted by atomic mass is 16.7. The summed E-state index contributed by atoms with van der Waals surface area (Å²) >= 11 is 0. The molecule has 1 aromatic rings. The van der Waals surface area contributed by atoms with Crippen LogP contribution < -0.4 is 20.5 Å². The second-order valence-electron chi connectivity index (χ2n) is 5.02. The lowest BCUT2D eigenvalue weighted by Crippen LogP contribution is -2.39. The lowest BCUT2D eigenvalue weighted by molar-refractivity contribution is 0.174. The SMILES string of the molecule is CC(CO)C(C)NC(CN)c1ccc2c(c1)OCO2. The monoisotopic (exact) mass is 266 g/mol. The molecule has 0 bridgehead atoms. The van der Waals surface area contributed by atoms with Crippen molar-refractivity contribution in [2.24, 2.45) is 11.7 Å². The van der Waals surface area contributed by atoms with Gasteiger partial charge in [0.25, 0.3) is 0 Å². The van der Waals surface area contributed by atoms with Gasteiger partial charge in [-0.25, -0.2) is 0 Å². The van der Waals surface area contributed by atoms with E-state index in [0.29, 0.717) is 6.54 Å². The van der Waals surface area contributed by atoms with Crippen LogP contribution in [-0.4, -0.2) is 31.1 Å². The summed E-state index contributed by atoms with van der Waals surface area (Å²) in [6, 6.07) is 6.09. The quantitative estimate of drug-likeness (QED) is 0.716. The van der Waals surface area contributed by atoms with Gasteiger partial charge in [-0.1, -0.05) is 13.0 Å². The van der Waals surface area contributed by atoms with E-state index in [9.17, 15) is 5.11 Å². The third-order valence-corrected chi connectivity index (χ3v) is 3.64. The van der Waals surface area contributed by atoms with Crippen molar-refractivity contribution < 1.29 is 14.6 Å². The molecule has 0 aromatic heterocycles. The van der Waals surface area contributed by atoms with E-state index in [0.717, 1.165) is 17.1 Å². The van der Waals surface area contributed by atoms with E-state index in [4.69, 9.17) is 15.2 Å². The Kier molecular flexibility index (Phi) is 4.63. The van der Waals surface area contributed by atoms with Crippen molar-refractivity contribution in [3.63, 3.8) is 0 Å². The number of hydrogen-bond donors (Lipinski definition) is 3. The molecule has 0 saturated carbocycles. The fraction of sp³-hybridized carbons (Fsp3) is 0.571. The van der Waals surface area contributed by atoms with Crippen LogP contribution in [0.5, 0.6) is 11.5 Å². The second-order valence-corrected chi connectivity index (χ2v) is 5.02. The second kappa shape index (κ2) is 6.23. The molecule has 5 nitrogen and oxygen atoms in total. The zero-order valence-corrected chi connectivity index (χ0v) is 11.4. The highest BCUT2D eigenvalue weighted by molar-refractivity contribution is 5.45. The van der Waals surface area contributed by atoms with Crippen molar-refractivity contribution in [3.05, 3.63) is 23.8 Å². The summed E-state index contributed by atoms with van der Waals surface area (Å²) in [6.45, 7) is 4.98. The molecule has 19 heavy (non-hydrogen) atoms. The van der Waals surface area contributed by atoms with Gasteiger partial charge in [0.2, 0.25) is 6.79 Å². The van der Waals surface area contributed by atoms with Gasteiger partial charge in [-0.15, -0.1) is 0 Å². The Hall–Kier alpha value is -1.30. The average Bonchev–Trinajstić information content (AvgIpc) is 2.90. The molecule has 0 radical (unpaired) electrons. The molecule has 1 aliphatic heterocycles. The standard InChI is InChI=1S/C14H22N2O3/c1-9(7-17)10(2)16-12(6-15)11-3-4-13-14(5-11)19-8-18-13/h3-5,9-10,12,16-17H,6-8,15H2,1-2H3. The van der Waals surface area contributed by atoms with Crippen LogP contribution in [0.3, 0.4) is 0 Å². The molecule has 4 N–H and O–H groups in total. The van der Waals surface area contributed by atoms with Crippen molar-refractivity contribution in [1.29, 1.82) is 0 Å². The molecule has 2 rings (SSSR count). The first kappa shape index (κ1) is 14.1. The summed E-state index contributed by atoms with van der Waals surface area (Å²) in [7, 11) is 0. The summed E-state index contributed by atoms with van der Waals surface area (Å²) in [5, 5.41) is 12.6. The first-order chi connectivity index (χ1) is 9.15. The van der Waals surface area contributed by atoms with Gasteiger partial charge in [0.1, 0.15) is 0 Å². The van der Waals surface area contributed by atoms with E-state index in [1.54, 1.807) is 0 Å². The molecule has 1 aliphatic rings. The van der Waals surface area contributed by atoms with Crippen molar-refractivity contribution in [2.45, 2.75) is 25.9 Å². The predicted octanol–water partition coefficient (Wildman–Crippen LogP) is 1.02. The highest BCUT2D eigenvalue weighted by Gasteiger charge is 2.20. The van der Waals surface area contributed by atoms with E-state index in [1.165, 1.54) is 0 Å². The summed E-state index contributed by atoms with van der Waals surface area (Å²) in [6.07, 6.45) is 0. The highest BCUT2D eigenvalue weighted by Crippen LogP contribution is 2.34. The zero-order chi connectivity index (χ0) is 13.8. The maximum atomic E-state index is 9.18. The third kappa shape index (κ3) is 3.18. The minimum atomic E-state index is 0.0403. The Bertz CT molecular complexity index is 425. The van der Waals surface area contributed by atoms with Crippen LogP contribution >= 0.6 is 0 Å². The maximum Gasteiger partial charge on any atom is 0.231 e. The Morgan fingerprint density at radius 1 is 1.32 bits per heavy atom. The van der Waals surface area contributed by atoms with Crippen LogP contribution in [0.1, 0.15) is 25.5 Å². The molecule has 0 aliphatic carbocycles. The van der Waals surface area contributed by atoms with E-state index in [2.05, 4.69) is 12.2 Å². The Labute approximate surface area is 113 Å². The Morgan fingerprint density at radius 3 is 2.74 bits per heavy atom. The fourth-order valence-corrected chi connectivity index (χ4v) is 2.07. The molecule has 106 valence electrons. The number of rotatable bonds is 6. The molecule has 0 fully saturated rings. The number of aliphatic hydroxyl groups excluding tert-OH is 1. The topological polar surface area (TPSA) is 76.7 Å². The van der Waals surface area contributed by atoms with Gasteiger partial charge in [0.05, 0.1) is 0 Å². The van der Waals surface area contributed by atoms with Crippen LogP contribution in [0.15, 0.2) is 18.2 Å². The molecular weight excluding hydrogens is 244 g/mol. The number of hydrogen-bond acceptors (Lipinski definition) is 5.